The van der Waals surface area contributed by atoms with Gasteiger partial charge in [-0.05, 0) is 52.0 Å². The molecule has 1 aromatic carbocycles. The second-order valence-corrected chi connectivity index (χ2v) is 9.48. The van der Waals surface area contributed by atoms with Gasteiger partial charge in [-0.1, -0.05) is 0 Å². The maximum atomic E-state index is 13.4. The van der Waals surface area contributed by atoms with Crippen molar-refractivity contribution in [3.05, 3.63) is 65.0 Å². The molecule has 0 saturated carbocycles. The summed E-state index contributed by atoms with van der Waals surface area (Å²) in [6, 6.07) is 9.39. The van der Waals surface area contributed by atoms with Gasteiger partial charge in [-0.3, -0.25) is 0 Å². The molecule has 7 heteroatoms. The van der Waals surface area contributed by atoms with Crippen LogP contribution in [0.4, 0.5) is 4.39 Å². The van der Waals surface area contributed by atoms with Gasteiger partial charge in [-0.15, -0.1) is 12.3 Å². The van der Waals surface area contributed by atoms with Crippen molar-refractivity contribution in [2.45, 2.75) is 51.7 Å². The SMILES string of the molecule is C#CCC(C)(C)OCCC(C)(C)Oc1ccn2cc(-c3cc4ccc(F)cc4oc3=O)nc2c1. The van der Waals surface area contributed by atoms with Crippen LogP contribution in [0.1, 0.15) is 40.5 Å². The van der Waals surface area contributed by atoms with Crippen LogP contribution in [-0.2, 0) is 4.74 Å². The molecule has 3 heterocycles. The first kappa shape index (κ1) is 23.5. The average Bonchev–Trinajstić information content (AvgIpc) is 3.15. The molecule has 0 atom stereocenters. The topological polar surface area (TPSA) is 66.0 Å². The lowest BCUT2D eigenvalue weighted by molar-refractivity contribution is -0.0372. The smallest absolute Gasteiger partial charge is 0.345 e. The Morgan fingerprint density at radius 3 is 2.71 bits per heavy atom. The summed E-state index contributed by atoms with van der Waals surface area (Å²) in [5, 5.41) is 0.617. The zero-order valence-corrected chi connectivity index (χ0v) is 19.7. The van der Waals surface area contributed by atoms with Crippen LogP contribution in [-0.4, -0.2) is 27.2 Å². The fourth-order valence-electron chi connectivity index (χ4n) is 3.66. The van der Waals surface area contributed by atoms with Gasteiger partial charge in [0.15, 0.2) is 0 Å². The van der Waals surface area contributed by atoms with E-state index in [0.29, 0.717) is 47.5 Å². The molecule has 3 aromatic heterocycles. The Labute approximate surface area is 197 Å². The van der Waals surface area contributed by atoms with E-state index in [4.69, 9.17) is 20.3 Å². The molecule has 34 heavy (non-hydrogen) atoms. The first-order chi connectivity index (χ1) is 16.0. The molecule has 6 nitrogen and oxygen atoms in total. The van der Waals surface area contributed by atoms with E-state index in [0.717, 1.165) is 0 Å². The Morgan fingerprint density at radius 2 is 1.94 bits per heavy atom. The highest BCUT2D eigenvalue weighted by Gasteiger charge is 2.23. The number of benzene rings is 1. The van der Waals surface area contributed by atoms with Crippen LogP contribution < -0.4 is 10.4 Å². The van der Waals surface area contributed by atoms with Gasteiger partial charge >= 0.3 is 5.63 Å². The third-order valence-corrected chi connectivity index (χ3v) is 5.52. The van der Waals surface area contributed by atoms with E-state index in [2.05, 4.69) is 10.9 Å². The first-order valence-electron chi connectivity index (χ1n) is 11.0. The Kier molecular flexibility index (Phi) is 6.20. The van der Waals surface area contributed by atoms with Gasteiger partial charge in [0.2, 0.25) is 0 Å². The Hall–Kier alpha value is -3.63. The Morgan fingerprint density at radius 1 is 1.15 bits per heavy atom. The number of hydrogen-bond donors (Lipinski definition) is 0. The molecule has 0 spiro atoms. The van der Waals surface area contributed by atoms with Crippen LogP contribution in [0.25, 0.3) is 27.9 Å². The average molecular weight is 463 g/mol. The second-order valence-electron chi connectivity index (χ2n) is 9.48. The number of rotatable bonds is 8. The van der Waals surface area contributed by atoms with Crippen LogP contribution in [0.5, 0.6) is 5.75 Å². The van der Waals surface area contributed by atoms with Gasteiger partial charge in [0.1, 0.15) is 28.4 Å². The van der Waals surface area contributed by atoms with Crippen molar-refractivity contribution in [1.29, 1.82) is 0 Å². The number of hydrogen-bond acceptors (Lipinski definition) is 5. The highest BCUT2D eigenvalue weighted by molar-refractivity contribution is 5.81. The summed E-state index contributed by atoms with van der Waals surface area (Å²) in [6.45, 7) is 8.45. The molecule has 0 aliphatic carbocycles. The third kappa shape index (κ3) is 5.29. The lowest BCUT2D eigenvalue weighted by Gasteiger charge is -2.29. The summed E-state index contributed by atoms with van der Waals surface area (Å²) in [5.74, 6) is 2.82. The van der Waals surface area contributed by atoms with Crippen molar-refractivity contribution in [2.75, 3.05) is 6.61 Å². The van der Waals surface area contributed by atoms with Crippen LogP contribution in [0.2, 0.25) is 0 Å². The number of imidazole rings is 1. The number of fused-ring (bicyclic) bond motifs is 2. The summed E-state index contributed by atoms with van der Waals surface area (Å²) in [4.78, 5) is 17.1. The van der Waals surface area contributed by atoms with Crippen LogP contribution in [0, 0.1) is 18.2 Å². The highest BCUT2D eigenvalue weighted by atomic mass is 19.1. The second kappa shape index (κ2) is 8.96. The predicted molar refractivity (Wildman–Crippen MR) is 129 cm³/mol. The van der Waals surface area contributed by atoms with Crippen LogP contribution >= 0.6 is 0 Å². The van der Waals surface area contributed by atoms with Gasteiger partial charge in [0.05, 0.1) is 23.5 Å². The molecule has 0 aliphatic heterocycles. The van der Waals surface area contributed by atoms with Crippen LogP contribution in [0.3, 0.4) is 0 Å². The van der Waals surface area contributed by atoms with Gasteiger partial charge < -0.3 is 18.3 Å². The molecular formula is C27H27FN2O4. The number of halogens is 1. The molecule has 0 radical (unpaired) electrons. The molecular weight excluding hydrogens is 435 g/mol. The minimum Gasteiger partial charge on any atom is -0.488 e. The lowest BCUT2D eigenvalue weighted by Crippen LogP contribution is -2.32. The van der Waals surface area contributed by atoms with Crippen molar-refractivity contribution in [3.63, 3.8) is 0 Å². The fraction of sp³-hybridized carbons (Fsp3) is 0.333. The van der Waals surface area contributed by atoms with E-state index in [1.165, 1.54) is 12.1 Å². The summed E-state index contributed by atoms with van der Waals surface area (Å²) in [6.07, 6.45) is 10.2. The molecule has 4 aromatic rings. The summed E-state index contributed by atoms with van der Waals surface area (Å²) >= 11 is 0. The zero-order chi connectivity index (χ0) is 24.5. The number of nitrogens with zero attached hydrogens (tertiary/aromatic N) is 2. The number of aromatic nitrogens is 2. The number of terminal acetylenes is 1. The third-order valence-electron chi connectivity index (χ3n) is 5.52. The van der Waals surface area contributed by atoms with E-state index >= 15 is 0 Å². The maximum Gasteiger partial charge on any atom is 0.345 e. The molecule has 0 bridgehead atoms. The quantitative estimate of drug-likeness (QED) is 0.251. The van der Waals surface area contributed by atoms with Gasteiger partial charge in [0.25, 0.3) is 0 Å². The van der Waals surface area contributed by atoms with E-state index in [1.807, 2.05) is 46.0 Å². The molecule has 0 unspecified atom stereocenters. The minimum atomic E-state index is -0.577. The van der Waals surface area contributed by atoms with Crippen molar-refractivity contribution < 1.29 is 18.3 Å². The normalized spacial score (nSPS) is 12.2. The highest BCUT2D eigenvalue weighted by Crippen LogP contribution is 2.26. The molecule has 176 valence electrons. The molecule has 0 saturated heterocycles. The molecule has 0 fully saturated rings. The van der Waals surface area contributed by atoms with Crippen molar-refractivity contribution >= 4 is 16.6 Å². The standard InChI is InChI=1S/C27H27FN2O4/c1-6-10-26(2,3)32-13-11-27(4,5)34-20-9-12-30-17-22(29-24(30)16-20)21-14-18-7-8-19(28)15-23(18)33-25(21)31/h1,7-9,12,14-17H,10-11,13H2,2-5H3. The molecule has 4 rings (SSSR count). The van der Waals surface area contributed by atoms with Crippen molar-refractivity contribution in [2.24, 2.45) is 0 Å². The molecule has 0 N–H and O–H groups in total. The number of ether oxygens (including phenoxy) is 2. The Balaban J connectivity index is 1.53. The van der Waals surface area contributed by atoms with E-state index in [1.54, 1.807) is 22.7 Å². The van der Waals surface area contributed by atoms with Crippen molar-refractivity contribution in [3.8, 4) is 29.4 Å². The fourth-order valence-corrected chi connectivity index (χ4v) is 3.66. The minimum absolute atomic E-state index is 0.196. The summed E-state index contributed by atoms with van der Waals surface area (Å²) < 4.78 is 32.7. The monoisotopic (exact) mass is 462 g/mol. The summed E-state index contributed by atoms with van der Waals surface area (Å²) in [5.41, 5.74) is 0.147. The maximum absolute atomic E-state index is 13.4. The first-order valence-corrected chi connectivity index (χ1v) is 11.0. The molecule has 0 amide bonds. The van der Waals surface area contributed by atoms with E-state index < -0.39 is 17.0 Å². The van der Waals surface area contributed by atoms with Crippen molar-refractivity contribution in [1.82, 2.24) is 9.38 Å². The van der Waals surface area contributed by atoms with Gasteiger partial charge in [0, 0.05) is 42.8 Å². The summed E-state index contributed by atoms with van der Waals surface area (Å²) in [7, 11) is 0. The number of pyridine rings is 1. The van der Waals surface area contributed by atoms with Gasteiger partial charge in [-0.2, -0.15) is 0 Å². The Bertz CT molecular complexity index is 1440. The van der Waals surface area contributed by atoms with Gasteiger partial charge in [-0.25, -0.2) is 14.2 Å². The van der Waals surface area contributed by atoms with E-state index in [9.17, 15) is 9.18 Å². The zero-order valence-electron chi connectivity index (χ0n) is 19.7. The van der Waals surface area contributed by atoms with E-state index in [-0.39, 0.29) is 11.2 Å². The van der Waals surface area contributed by atoms with Crippen LogP contribution in [0.15, 0.2) is 58.0 Å². The lowest BCUT2D eigenvalue weighted by atomic mass is 10.0. The predicted octanol–water partition coefficient (Wildman–Crippen LogP) is 5.61. The molecule has 0 aliphatic rings. The largest absolute Gasteiger partial charge is 0.488 e.